The van der Waals surface area contributed by atoms with E-state index in [0.29, 0.717) is 13.0 Å². The molecule has 0 heterocycles. The number of aliphatic hydroxyl groups is 1. The van der Waals surface area contributed by atoms with Gasteiger partial charge in [0.2, 0.25) is 0 Å². The number of phenols is 1. The predicted molar refractivity (Wildman–Crippen MR) is 114 cm³/mol. The van der Waals surface area contributed by atoms with E-state index in [4.69, 9.17) is 0 Å². The number of amides is 2. The van der Waals surface area contributed by atoms with E-state index in [1.807, 2.05) is 48.5 Å². The van der Waals surface area contributed by atoms with Gasteiger partial charge >= 0.3 is 6.03 Å². The van der Waals surface area contributed by atoms with Crippen LogP contribution >= 0.6 is 0 Å². The minimum atomic E-state index is -0.351. The molecule has 5 heteroatoms. The molecule has 0 fully saturated rings. The number of hydrogen-bond donors (Lipinski definition) is 4. The SMILES string of the molecule is O=C(NCc1ccc(-c2ccccc2O)cc1)Nc1cccc2c1CC(O)CC2. The van der Waals surface area contributed by atoms with Crippen LogP contribution in [0.15, 0.2) is 66.7 Å². The second-order valence-electron chi connectivity index (χ2n) is 7.36. The fraction of sp³-hybridized carbons (Fsp3) is 0.208. The first kappa shape index (κ1) is 19.0. The molecule has 0 radical (unpaired) electrons. The zero-order chi connectivity index (χ0) is 20.2. The van der Waals surface area contributed by atoms with Crippen molar-refractivity contribution in [3.8, 4) is 16.9 Å². The van der Waals surface area contributed by atoms with Gasteiger partial charge < -0.3 is 20.8 Å². The van der Waals surface area contributed by atoms with Gasteiger partial charge in [0.1, 0.15) is 5.75 Å². The lowest BCUT2D eigenvalue weighted by molar-refractivity contribution is 0.159. The third-order valence-corrected chi connectivity index (χ3v) is 5.33. The van der Waals surface area contributed by atoms with Crippen LogP contribution in [0.3, 0.4) is 0 Å². The van der Waals surface area contributed by atoms with Crippen LogP contribution in [-0.2, 0) is 19.4 Å². The first-order chi connectivity index (χ1) is 14.1. The van der Waals surface area contributed by atoms with Crippen molar-refractivity contribution in [1.82, 2.24) is 5.32 Å². The molecule has 0 saturated heterocycles. The maximum absolute atomic E-state index is 12.4. The van der Waals surface area contributed by atoms with Crippen molar-refractivity contribution in [3.05, 3.63) is 83.4 Å². The van der Waals surface area contributed by atoms with Gasteiger partial charge in [-0.15, -0.1) is 0 Å². The summed E-state index contributed by atoms with van der Waals surface area (Å²) >= 11 is 0. The van der Waals surface area contributed by atoms with E-state index >= 15 is 0 Å². The second-order valence-corrected chi connectivity index (χ2v) is 7.36. The highest BCUT2D eigenvalue weighted by atomic mass is 16.3. The van der Waals surface area contributed by atoms with Gasteiger partial charge in [0, 0.05) is 24.2 Å². The van der Waals surface area contributed by atoms with Crippen LogP contribution in [0.5, 0.6) is 5.75 Å². The number of para-hydroxylation sites is 1. The predicted octanol–water partition coefficient (Wildman–Crippen LogP) is 4.23. The van der Waals surface area contributed by atoms with E-state index in [9.17, 15) is 15.0 Å². The fourth-order valence-corrected chi connectivity index (χ4v) is 3.76. The largest absolute Gasteiger partial charge is 0.507 e. The quantitative estimate of drug-likeness (QED) is 0.540. The molecule has 0 aromatic heterocycles. The molecular formula is C24H24N2O3. The Balaban J connectivity index is 1.38. The van der Waals surface area contributed by atoms with Crippen molar-refractivity contribution in [1.29, 1.82) is 0 Å². The monoisotopic (exact) mass is 388 g/mol. The van der Waals surface area contributed by atoms with Gasteiger partial charge in [-0.1, -0.05) is 54.6 Å². The van der Waals surface area contributed by atoms with Crippen molar-refractivity contribution in [2.75, 3.05) is 5.32 Å². The van der Waals surface area contributed by atoms with Crippen molar-refractivity contribution in [2.24, 2.45) is 0 Å². The molecule has 0 bridgehead atoms. The number of carbonyl (C=O) groups is 1. The minimum absolute atomic E-state index is 0.245. The van der Waals surface area contributed by atoms with E-state index in [1.54, 1.807) is 12.1 Å². The van der Waals surface area contributed by atoms with Gasteiger partial charge in [0.15, 0.2) is 0 Å². The molecule has 0 saturated carbocycles. The van der Waals surface area contributed by atoms with E-state index in [0.717, 1.165) is 40.8 Å². The van der Waals surface area contributed by atoms with Gasteiger partial charge in [0.25, 0.3) is 0 Å². The number of anilines is 1. The Kier molecular flexibility index (Phi) is 5.49. The van der Waals surface area contributed by atoms with Crippen molar-refractivity contribution >= 4 is 11.7 Å². The number of urea groups is 1. The van der Waals surface area contributed by atoms with Gasteiger partial charge in [-0.05, 0) is 47.2 Å². The summed E-state index contributed by atoms with van der Waals surface area (Å²) in [6, 6.07) is 20.5. The minimum Gasteiger partial charge on any atom is -0.507 e. The number of carbonyl (C=O) groups excluding carboxylic acids is 1. The number of nitrogens with one attached hydrogen (secondary N) is 2. The highest BCUT2D eigenvalue weighted by Gasteiger charge is 2.19. The summed E-state index contributed by atoms with van der Waals surface area (Å²) in [6.45, 7) is 0.393. The van der Waals surface area contributed by atoms with Gasteiger partial charge in [-0.2, -0.15) is 0 Å². The third kappa shape index (κ3) is 4.41. The lowest BCUT2D eigenvalue weighted by atomic mass is 9.88. The molecule has 4 N–H and O–H groups in total. The Morgan fingerprint density at radius 1 is 1.00 bits per heavy atom. The van der Waals surface area contributed by atoms with Gasteiger partial charge in [-0.3, -0.25) is 0 Å². The number of aryl methyl sites for hydroxylation is 1. The van der Waals surface area contributed by atoms with E-state index < -0.39 is 0 Å². The van der Waals surface area contributed by atoms with Crippen LogP contribution in [0.25, 0.3) is 11.1 Å². The summed E-state index contributed by atoms with van der Waals surface area (Å²) in [4.78, 5) is 12.4. The summed E-state index contributed by atoms with van der Waals surface area (Å²) in [6.07, 6.45) is 1.81. The zero-order valence-corrected chi connectivity index (χ0v) is 16.1. The zero-order valence-electron chi connectivity index (χ0n) is 16.1. The van der Waals surface area contributed by atoms with Crippen LogP contribution in [0.1, 0.15) is 23.1 Å². The lowest BCUT2D eigenvalue weighted by Crippen LogP contribution is -2.29. The third-order valence-electron chi connectivity index (χ3n) is 5.33. The molecule has 1 aliphatic rings. The average Bonchev–Trinajstić information content (AvgIpc) is 2.73. The molecule has 3 aromatic carbocycles. The smallest absolute Gasteiger partial charge is 0.319 e. The van der Waals surface area contributed by atoms with Crippen LogP contribution < -0.4 is 10.6 Å². The maximum atomic E-state index is 12.4. The number of fused-ring (bicyclic) bond motifs is 1. The summed E-state index contributed by atoms with van der Waals surface area (Å²) in [7, 11) is 0. The van der Waals surface area contributed by atoms with Crippen LogP contribution in [0, 0.1) is 0 Å². The maximum Gasteiger partial charge on any atom is 0.319 e. The molecule has 4 rings (SSSR count). The van der Waals surface area contributed by atoms with E-state index in [-0.39, 0.29) is 17.9 Å². The number of rotatable bonds is 4. The van der Waals surface area contributed by atoms with Crippen LogP contribution in [0.2, 0.25) is 0 Å². The second kappa shape index (κ2) is 8.37. The Hall–Kier alpha value is -3.31. The number of aromatic hydroxyl groups is 1. The first-order valence-corrected chi connectivity index (χ1v) is 9.81. The highest BCUT2D eigenvalue weighted by Crippen LogP contribution is 2.29. The van der Waals surface area contributed by atoms with E-state index in [1.165, 1.54) is 5.56 Å². The number of phenolic OH excluding ortho intramolecular Hbond substituents is 1. The normalized spacial score (nSPS) is 15.4. The van der Waals surface area contributed by atoms with Gasteiger partial charge in [-0.25, -0.2) is 4.79 Å². The fourth-order valence-electron chi connectivity index (χ4n) is 3.76. The Morgan fingerprint density at radius 2 is 1.79 bits per heavy atom. The molecule has 3 aromatic rings. The molecule has 1 atom stereocenters. The van der Waals surface area contributed by atoms with Crippen molar-refractivity contribution in [3.63, 3.8) is 0 Å². The number of benzene rings is 3. The molecular weight excluding hydrogens is 364 g/mol. The average molecular weight is 388 g/mol. The summed E-state index contributed by atoms with van der Waals surface area (Å²) in [5, 5.41) is 25.7. The highest BCUT2D eigenvalue weighted by molar-refractivity contribution is 5.90. The van der Waals surface area contributed by atoms with Crippen LogP contribution in [0.4, 0.5) is 10.5 Å². The topological polar surface area (TPSA) is 81.6 Å². The summed E-state index contributed by atoms with van der Waals surface area (Å²) in [5.41, 5.74) is 5.63. The molecule has 1 aliphatic carbocycles. The lowest BCUT2D eigenvalue weighted by Gasteiger charge is -2.23. The molecule has 1 unspecified atom stereocenters. The summed E-state index contributed by atoms with van der Waals surface area (Å²) < 4.78 is 0. The standard InChI is InChI=1S/C24H24N2O3/c27-19-13-12-17-4-3-6-22(21(17)14-19)26-24(29)25-15-16-8-10-18(11-9-16)20-5-1-2-7-23(20)28/h1-11,19,27-28H,12-15H2,(H2,25,26,29). The summed E-state index contributed by atoms with van der Waals surface area (Å²) in [5.74, 6) is 0.245. The number of hydrogen-bond acceptors (Lipinski definition) is 3. The Labute approximate surface area is 170 Å². The van der Waals surface area contributed by atoms with E-state index in [2.05, 4.69) is 16.7 Å². The molecule has 0 spiro atoms. The van der Waals surface area contributed by atoms with Crippen molar-refractivity contribution in [2.45, 2.75) is 31.9 Å². The first-order valence-electron chi connectivity index (χ1n) is 9.81. The molecule has 148 valence electrons. The number of aliphatic hydroxyl groups excluding tert-OH is 1. The molecule has 2 amide bonds. The molecule has 29 heavy (non-hydrogen) atoms. The van der Waals surface area contributed by atoms with Gasteiger partial charge in [0.05, 0.1) is 6.10 Å². The van der Waals surface area contributed by atoms with Crippen molar-refractivity contribution < 1.29 is 15.0 Å². The Bertz CT molecular complexity index is 1010. The molecule has 0 aliphatic heterocycles. The molecule has 5 nitrogen and oxygen atoms in total. The Morgan fingerprint density at radius 3 is 2.59 bits per heavy atom. The van der Waals surface area contributed by atoms with Crippen LogP contribution in [-0.4, -0.2) is 22.3 Å².